The van der Waals surface area contributed by atoms with Crippen LogP contribution in [0.2, 0.25) is 0 Å². The van der Waals surface area contributed by atoms with Gasteiger partial charge in [-0.15, -0.1) is 20.7 Å². The molecule has 0 bridgehead atoms. The molecule has 1 aliphatic carbocycles. The third-order valence-electron chi connectivity index (χ3n) is 4.31. The highest BCUT2D eigenvalue weighted by molar-refractivity contribution is 14.2. The summed E-state index contributed by atoms with van der Waals surface area (Å²) >= 11 is 0.338. The van der Waals surface area contributed by atoms with Gasteiger partial charge in [0.25, 0.3) is 0 Å². The van der Waals surface area contributed by atoms with Gasteiger partial charge in [-0.25, -0.2) is 0 Å². The number of hydrogen-bond donors (Lipinski definition) is 0. The van der Waals surface area contributed by atoms with Gasteiger partial charge in [0.05, 0.1) is 0 Å². The molecule has 1 fully saturated rings. The van der Waals surface area contributed by atoms with E-state index in [2.05, 4.69) is 44.7 Å². The van der Waals surface area contributed by atoms with Gasteiger partial charge in [0.2, 0.25) is 0 Å². The minimum atomic E-state index is 0.338. The SMILES string of the molecule is C[C@@H]1C([C@@H](C)/C=C2\CI=CC(C)(C)C2)[C@@H]1C. The molecule has 4 atom stereocenters. The second-order valence-electron chi connectivity index (χ2n) is 6.54. The zero-order valence-electron chi connectivity index (χ0n) is 11.3. The number of allylic oxidation sites excluding steroid dienone is 2. The normalized spacial score (nSPS) is 41.6. The van der Waals surface area contributed by atoms with Gasteiger partial charge in [-0.1, -0.05) is 46.3 Å². The van der Waals surface area contributed by atoms with Gasteiger partial charge in [-0.3, -0.25) is 0 Å². The Balaban J connectivity index is 2.00. The largest absolute Gasteiger partial charge is 0.122 e. The predicted molar refractivity (Wildman–Crippen MR) is 82.4 cm³/mol. The Labute approximate surface area is 111 Å². The standard InChI is InChI=1S/C15H25I/c1-10(14-11(2)12(14)3)6-13-7-15(4,5)9-16-8-13/h6,9-12,14H,7-8H2,1-5H3/b13-6-/t10-,11-,12+,14?/m0/s1. The fourth-order valence-corrected chi connectivity index (χ4v) is 5.98. The van der Waals surface area contributed by atoms with Crippen molar-refractivity contribution in [1.82, 2.24) is 0 Å². The van der Waals surface area contributed by atoms with Gasteiger partial charge in [0.1, 0.15) is 0 Å². The topological polar surface area (TPSA) is 0 Å². The molecule has 0 aromatic heterocycles. The van der Waals surface area contributed by atoms with E-state index < -0.39 is 0 Å². The quantitative estimate of drug-likeness (QED) is 0.392. The van der Waals surface area contributed by atoms with E-state index >= 15 is 0 Å². The Kier molecular flexibility index (Phi) is 3.63. The molecule has 0 aromatic rings. The van der Waals surface area contributed by atoms with Crippen LogP contribution in [0.25, 0.3) is 0 Å². The van der Waals surface area contributed by atoms with Crippen molar-refractivity contribution in [1.29, 1.82) is 0 Å². The molecule has 1 saturated carbocycles. The average Bonchev–Trinajstić information content (AvgIpc) is 2.72. The number of halogens is 1. The number of hydrogen-bond acceptors (Lipinski definition) is 0. The Morgan fingerprint density at radius 1 is 1.38 bits per heavy atom. The van der Waals surface area contributed by atoms with Crippen LogP contribution in [-0.2, 0) is 0 Å². The maximum Gasteiger partial charge on any atom is 0.0156 e. The summed E-state index contributed by atoms with van der Waals surface area (Å²) in [6, 6.07) is 0. The Morgan fingerprint density at radius 3 is 2.50 bits per heavy atom. The van der Waals surface area contributed by atoms with E-state index in [4.69, 9.17) is 0 Å². The van der Waals surface area contributed by atoms with Crippen molar-refractivity contribution < 1.29 is 0 Å². The zero-order chi connectivity index (χ0) is 11.9. The van der Waals surface area contributed by atoms with Gasteiger partial charge in [-0.05, 0) is 39.5 Å². The van der Waals surface area contributed by atoms with Crippen molar-refractivity contribution >= 4 is 24.7 Å². The van der Waals surface area contributed by atoms with Crippen LogP contribution in [0.3, 0.4) is 0 Å². The lowest BCUT2D eigenvalue weighted by Gasteiger charge is -2.26. The van der Waals surface area contributed by atoms with E-state index in [-0.39, 0.29) is 0 Å². The lowest BCUT2D eigenvalue weighted by atomic mass is 9.86. The summed E-state index contributed by atoms with van der Waals surface area (Å²) in [5.74, 6) is 3.71. The first-order valence-electron chi connectivity index (χ1n) is 6.52. The van der Waals surface area contributed by atoms with E-state index in [1.165, 1.54) is 10.8 Å². The highest BCUT2D eigenvalue weighted by Crippen LogP contribution is 2.51. The maximum atomic E-state index is 2.62. The third-order valence-corrected chi connectivity index (χ3v) is 7.86. The molecule has 0 aromatic carbocycles. The average molecular weight is 332 g/mol. The molecule has 2 aliphatic rings. The van der Waals surface area contributed by atoms with Gasteiger partial charge in [0.15, 0.2) is 0 Å². The molecule has 16 heavy (non-hydrogen) atoms. The fraction of sp³-hybridized carbons (Fsp3) is 0.800. The van der Waals surface area contributed by atoms with E-state index in [1.807, 2.05) is 0 Å². The number of rotatable bonds is 2. The molecule has 0 spiro atoms. The monoisotopic (exact) mass is 332 g/mol. The van der Waals surface area contributed by atoms with E-state index in [1.54, 1.807) is 5.57 Å². The Hall–Kier alpha value is 0.340. The third kappa shape index (κ3) is 2.77. The molecule has 0 amide bonds. The van der Waals surface area contributed by atoms with Crippen LogP contribution in [0.4, 0.5) is 0 Å². The number of alkyl halides is 1. The summed E-state index contributed by atoms with van der Waals surface area (Å²) in [5, 5.41) is 0. The fourth-order valence-electron chi connectivity index (χ4n) is 3.26. The van der Waals surface area contributed by atoms with Crippen molar-refractivity contribution in [3.8, 4) is 0 Å². The highest BCUT2D eigenvalue weighted by Gasteiger charge is 2.45. The minimum absolute atomic E-state index is 0.338. The van der Waals surface area contributed by atoms with Crippen LogP contribution in [0.1, 0.15) is 41.0 Å². The summed E-state index contributed by atoms with van der Waals surface area (Å²) in [7, 11) is 0. The van der Waals surface area contributed by atoms with Gasteiger partial charge in [0, 0.05) is 4.43 Å². The van der Waals surface area contributed by atoms with Crippen LogP contribution in [-0.4, -0.2) is 8.44 Å². The molecular formula is C15H25I. The van der Waals surface area contributed by atoms with Gasteiger partial charge in [-0.2, -0.15) is 0 Å². The molecule has 0 nitrogen and oxygen atoms in total. The van der Waals surface area contributed by atoms with Crippen molar-refractivity contribution in [2.24, 2.45) is 29.1 Å². The minimum Gasteiger partial charge on any atom is -0.122 e. The first kappa shape index (κ1) is 12.8. The van der Waals surface area contributed by atoms with E-state index in [0.717, 1.165) is 23.7 Å². The smallest absolute Gasteiger partial charge is 0.0156 e. The zero-order valence-corrected chi connectivity index (χ0v) is 13.4. The van der Waals surface area contributed by atoms with E-state index in [0.29, 0.717) is 26.1 Å². The van der Waals surface area contributed by atoms with Crippen molar-refractivity contribution in [2.45, 2.75) is 41.0 Å². The van der Waals surface area contributed by atoms with Crippen LogP contribution in [0, 0.1) is 29.1 Å². The molecule has 1 heteroatoms. The first-order chi connectivity index (χ1) is 7.41. The lowest BCUT2D eigenvalue weighted by Crippen LogP contribution is -2.17. The summed E-state index contributed by atoms with van der Waals surface area (Å²) in [6.45, 7) is 12.0. The second kappa shape index (κ2) is 4.55. The van der Waals surface area contributed by atoms with E-state index in [9.17, 15) is 0 Å². The molecule has 0 saturated heterocycles. The Bertz CT molecular complexity index is 316. The lowest BCUT2D eigenvalue weighted by molar-refractivity contribution is 0.522. The summed E-state index contributed by atoms with van der Waals surface area (Å²) in [4.78, 5) is 0. The van der Waals surface area contributed by atoms with Crippen molar-refractivity contribution in [3.05, 3.63) is 11.6 Å². The highest BCUT2D eigenvalue weighted by atomic mass is 127. The van der Waals surface area contributed by atoms with Crippen LogP contribution in [0.15, 0.2) is 11.6 Å². The van der Waals surface area contributed by atoms with Crippen LogP contribution >= 0.6 is 20.7 Å². The molecule has 0 N–H and O–H groups in total. The molecule has 92 valence electrons. The second-order valence-corrected chi connectivity index (χ2v) is 8.81. The molecule has 1 aliphatic heterocycles. The first-order valence-corrected chi connectivity index (χ1v) is 9.29. The van der Waals surface area contributed by atoms with Crippen molar-refractivity contribution in [3.63, 3.8) is 0 Å². The van der Waals surface area contributed by atoms with Gasteiger partial charge < -0.3 is 0 Å². The van der Waals surface area contributed by atoms with Crippen LogP contribution in [0.5, 0.6) is 0 Å². The molecule has 1 heterocycles. The molecular weight excluding hydrogens is 307 g/mol. The van der Waals surface area contributed by atoms with Crippen LogP contribution < -0.4 is 0 Å². The van der Waals surface area contributed by atoms with Crippen molar-refractivity contribution in [2.75, 3.05) is 4.43 Å². The predicted octanol–water partition coefficient (Wildman–Crippen LogP) is 4.65. The maximum absolute atomic E-state index is 2.62. The Morgan fingerprint density at radius 2 is 2.00 bits per heavy atom. The molecule has 1 unspecified atom stereocenters. The van der Waals surface area contributed by atoms with Gasteiger partial charge >= 0.3 is 0 Å². The molecule has 2 rings (SSSR count). The summed E-state index contributed by atoms with van der Waals surface area (Å²) in [6.07, 6.45) is 3.94. The summed E-state index contributed by atoms with van der Waals surface area (Å²) in [5.41, 5.74) is 2.25. The summed E-state index contributed by atoms with van der Waals surface area (Å²) < 4.78 is 4.03. The molecule has 0 radical (unpaired) electrons.